The van der Waals surface area contributed by atoms with E-state index in [9.17, 15) is 0 Å². The molecular weight excluding hydrogens is 336 g/mol. The van der Waals surface area contributed by atoms with Crippen LogP contribution in [0.4, 0.5) is 0 Å². The fraction of sp³-hybridized carbons (Fsp3) is 0.333. The van der Waals surface area contributed by atoms with Crippen LogP contribution in [0.25, 0.3) is 22.1 Å². The van der Waals surface area contributed by atoms with Crippen LogP contribution < -0.4 is 5.73 Å². The first kappa shape index (κ1) is 17.7. The van der Waals surface area contributed by atoms with Gasteiger partial charge in [-0.2, -0.15) is 0 Å². The van der Waals surface area contributed by atoms with Crippen molar-refractivity contribution in [2.45, 2.75) is 31.8 Å². The number of hydrogen-bond donors (Lipinski definition) is 3. The maximum absolute atomic E-state index is 6.37. The third-order valence-electron chi connectivity index (χ3n) is 5.49. The maximum Gasteiger partial charge on any atom is 0.0931 e. The Bertz CT molecular complexity index is 951. The molecule has 1 atom stereocenters. The number of nitrogens with two attached hydrogens (primary N) is 1. The molecule has 0 spiro atoms. The fourth-order valence-corrected chi connectivity index (χ4v) is 3.56. The summed E-state index contributed by atoms with van der Waals surface area (Å²) in [6.07, 6.45) is 6.18. The van der Waals surface area contributed by atoms with E-state index in [4.69, 9.17) is 5.73 Å². The van der Waals surface area contributed by atoms with E-state index in [1.54, 1.807) is 12.7 Å². The molecule has 1 fully saturated rings. The Morgan fingerprint density at radius 1 is 1.00 bits per heavy atom. The lowest BCUT2D eigenvalue weighted by Gasteiger charge is -2.12. The van der Waals surface area contributed by atoms with Crippen LogP contribution in [0, 0.1) is 0 Å². The van der Waals surface area contributed by atoms with Crippen molar-refractivity contribution in [3.05, 3.63) is 60.2 Å². The van der Waals surface area contributed by atoms with Gasteiger partial charge in [-0.15, -0.1) is 0 Å². The van der Waals surface area contributed by atoms with Gasteiger partial charge in [0.2, 0.25) is 0 Å². The van der Waals surface area contributed by atoms with Gasteiger partial charge >= 0.3 is 0 Å². The monoisotopic (exact) mass is 362 g/mol. The highest BCUT2D eigenvalue weighted by Crippen LogP contribution is 2.24. The number of aromatic nitrogens is 4. The van der Waals surface area contributed by atoms with Gasteiger partial charge in [-0.1, -0.05) is 12.1 Å². The molecule has 0 amide bonds. The van der Waals surface area contributed by atoms with Crippen molar-refractivity contribution in [1.29, 1.82) is 0 Å². The largest absolute Gasteiger partial charge is 0.345 e. The molecule has 1 aliphatic heterocycles. The molecule has 6 nitrogen and oxygen atoms in total. The van der Waals surface area contributed by atoms with Crippen LogP contribution in [0.3, 0.4) is 0 Å². The molecule has 27 heavy (non-hydrogen) atoms. The number of nitrogens with zero attached hydrogens (tertiary/aromatic N) is 3. The lowest BCUT2D eigenvalue weighted by molar-refractivity contribution is 0.331. The molecule has 4 aromatic rings. The topological polar surface area (TPSA) is 86.6 Å². The first-order valence-electron chi connectivity index (χ1n) is 9.43. The summed E-state index contributed by atoms with van der Waals surface area (Å²) >= 11 is 0. The molecule has 0 bridgehead atoms. The molecule has 0 saturated carbocycles. The number of nitrogens with one attached hydrogen (secondary N) is 2. The summed E-state index contributed by atoms with van der Waals surface area (Å²) in [6, 6.07) is 12.8. The van der Waals surface area contributed by atoms with Crippen molar-refractivity contribution in [2.24, 2.45) is 5.73 Å². The highest BCUT2D eigenvalue weighted by molar-refractivity contribution is 5.77. The maximum atomic E-state index is 6.37. The molecule has 140 valence electrons. The average Bonchev–Trinajstić information content (AvgIpc) is 3.42. The molecule has 1 unspecified atom stereocenters. The Morgan fingerprint density at radius 2 is 1.56 bits per heavy atom. The van der Waals surface area contributed by atoms with Gasteiger partial charge in [0.05, 0.1) is 40.8 Å². The second-order valence-electron chi connectivity index (χ2n) is 7.31. The van der Waals surface area contributed by atoms with E-state index in [1.807, 2.05) is 36.4 Å². The zero-order valence-electron chi connectivity index (χ0n) is 15.8. The van der Waals surface area contributed by atoms with Gasteiger partial charge in [0.25, 0.3) is 0 Å². The third-order valence-corrected chi connectivity index (χ3v) is 5.49. The number of likely N-dealkylation sites (tertiary alicyclic amines) is 1. The zero-order chi connectivity index (χ0) is 18.8. The Hall–Kier alpha value is -2.70. The molecule has 4 N–H and O–H groups in total. The Balaban J connectivity index is 0.000000218. The second-order valence-corrected chi connectivity index (χ2v) is 7.31. The number of fused-ring (bicyclic) bond motifs is 2. The molecule has 0 radical (unpaired) electrons. The Morgan fingerprint density at radius 3 is 1.96 bits per heavy atom. The quantitative estimate of drug-likeness (QED) is 0.509. The Kier molecular flexibility index (Phi) is 4.92. The van der Waals surface area contributed by atoms with E-state index in [1.165, 1.54) is 19.4 Å². The number of rotatable bonds is 2. The van der Waals surface area contributed by atoms with Crippen LogP contribution in [-0.2, 0) is 0 Å². The first-order chi connectivity index (χ1) is 13.1. The van der Waals surface area contributed by atoms with Gasteiger partial charge in [-0.3, -0.25) is 0 Å². The molecule has 0 aliphatic carbocycles. The molecule has 3 heterocycles. The summed E-state index contributed by atoms with van der Waals surface area (Å²) < 4.78 is 0. The molecule has 5 rings (SSSR count). The third kappa shape index (κ3) is 3.72. The van der Waals surface area contributed by atoms with Crippen molar-refractivity contribution in [3.63, 3.8) is 0 Å². The van der Waals surface area contributed by atoms with Gasteiger partial charge in [0.1, 0.15) is 0 Å². The smallest absolute Gasteiger partial charge is 0.0931 e. The Labute approximate surface area is 158 Å². The van der Waals surface area contributed by atoms with Crippen LogP contribution >= 0.6 is 0 Å². The summed E-state index contributed by atoms with van der Waals surface area (Å²) in [5.41, 5.74) is 12.4. The predicted octanol–water partition coefficient (Wildman–Crippen LogP) is 3.59. The summed E-state index contributed by atoms with van der Waals surface area (Å²) in [5, 5.41) is 0. The highest BCUT2D eigenvalue weighted by atomic mass is 15.1. The van der Waals surface area contributed by atoms with Gasteiger partial charge in [0.15, 0.2) is 0 Å². The number of imidazole rings is 2. The molecule has 6 heteroatoms. The lowest BCUT2D eigenvalue weighted by atomic mass is 9.99. The van der Waals surface area contributed by atoms with Crippen LogP contribution in [0.5, 0.6) is 0 Å². The average molecular weight is 362 g/mol. The molecule has 2 aromatic carbocycles. The van der Waals surface area contributed by atoms with Crippen LogP contribution in [-0.4, -0.2) is 44.5 Å². The zero-order valence-corrected chi connectivity index (χ0v) is 15.8. The van der Waals surface area contributed by atoms with E-state index in [-0.39, 0.29) is 6.04 Å². The van der Waals surface area contributed by atoms with E-state index < -0.39 is 0 Å². The summed E-state index contributed by atoms with van der Waals surface area (Å²) in [5.74, 6) is 0. The molecular formula is C21H26N6. The molecule has 2 aromatic heterocycles. The van der Waals surface area contributed by atoms with Gasteiger partial charge in [-0.05, 0) is 68.8 Å². The normalized spacial score (nSPS) is 17.6. The first-order valence-corrected chi connectivity index (χ1v) is 9.43. The highest BCUT2D eigenvalue weighted by Gasteiger charge is 2.14. The minimum atomic E-state index is -0.171. The lowest BCUT2D eigenvalue weighted by Crippen LogP contribution is -2.20. The van der Waals surface area contributed by atoms with E-state index in [0.29, 0.717) is 0 Å². The summed E-state index contributed by atoms with van der Waals surface area (Å²) in [7, 11) is 2.19. The van der Waals surface area contributed by atoms with Gasteiger partial charge in [-0.25, -0.2) is 9.97 Å². The van der Waals surface area contributed by atoms with Crippen molar-refractivity contribution in [1.82, 2.24) is 24.8 Å². The minimum Gasteiger partial charge on any atom is -0.345 e. The second kappa shape index (κ2) is 7.50. The van der Waals surface area contributed by atoms with Crippen LogP contribution in [0.1, 0.15) is 36.9 Å². The molecule has 1 aliphatic rings. The molecule has 1 saturated heterocycles. The van der Waals surface area contributed by atoms with Crippen molar-refractivity contribution < 1.29 is 0 Å². The number of aromatic amines is 2. The SMILES string of the molecule is CC1CCCN1C.NC(c1ccc2nc[nH]c2c1)c1ccc2nc[nH]c2c1. The van der Waals surface area contributed by atoms with Crippen molar-refractivity contribution >= 4 is 22.1 Å². The van der Waals surface area contributed by atoms with Gasteiger partial charge in [0, 0.05) is 6.04 Å². The predicted molar refractivity (Wildman–Crippen MR) is 110 cm³/mol. The van der Waals surface area contributed by atoms with Crippen molar-refractivity contribution in [2.75, 3.05) is 13.6 Å². The van der Waals surface area contributed by atoms with E-state index in [2.05, 4.69) is 38.8 Å². The van der Waals surface area contributed by atoms with E-state index in [0.717, 1.165) is 39.2 Å². The van der Waals surface area contributed by atoms with E-state index >= 15 is 0 Å². The minimum absolute atomic E-state index is 0.171. The summed E-state index contributed by atoms with van der Waals surface area (Å²) in [6.45, 7) is 3.59. The summed E-state index contributed by atoms with van der Waals surface area (Å²) in [4.78, 5) is 17.1. The number of H-pyrrole nitrogens is 2. The number of hydrogen-bond acceptors (Lipinski definition) is 4. The van der Waals surface area contributed by atoms with Crippen molar-refractivity contribution in [3.8, 4) is 0 Å². The van der Waals surface area contributed by atoms with Crippen LogP contribution in [0.2, 0.25) is 0 Å². The fourth-order valence-electron chi connectivity index (χ4n) is 3.56. The van der Waals surface area contributed by atoms with Crippen LogP contribution in [0.15, 0.2) is 49.1 Å². The standard InChI is InChI=1S/C15H13N5.C6H13N/c16-15(9-1-3-11-13(5-9)19-7-17-11)10-2-4-12-14(6-10)20-8-18-12;1-6-4-3-5-7(6)2/h1-8,15H,16H2,(H,17,19)(H,18,20);6H,3-5H2,1-2H3. The number of benzene rings is 2. The van der Waals surface area contributed by atoms with Gasteiger partial charge < -0.3 is 20.6 Å².